The minimum atomic E-state index is -0.496. The van der Waals surface area contributed by atoms with E-state index in [-0.39, 0.29) is 29.3 Å². The zero-order chi connectivity index (χ0) is 23.0. The number of ketones is 3. The SMILES string of the molecule is CC(=O)c1c(C)n(-c2ccc(Cl)cc2)c2cc(C(=O)CC(=O)c3ccccc3)c(O)cc12. The van der Waals surface area contributed by atoms with Crippen molar-refractivity contribution in [3.8, 4) is 11.4 Å². The summed E-state index contributed by atoms with van der Waals surface area (Å²) >= 11 is 6.03. The second-order valence-corrected chi connectivity index (χ2v) is 8.04. The normalized spacial score (nSPS) is 11.0. The minimum absolute atomic E-state index is 0.0320. The molecule has 0 amide bonds. The molecule has 32 heavy (non-hydrogen) atoms. The van der Waals surface area contributed by atoms with Crippen LogP contribution in [-0.2, 0) is 0 Å². The molecule has 0 spiro atoms. The van der Waals surface area contributed by atoms with E-state index < -0.39 is 5.78 Å². The first-order valence-corrected chi connectivity index (χ1v) is 10.4. The number of aromatic hydroxyl groups is 1. The van der Waals surface area contributed by atoms with Crippen LogP contribution >= 0.6 is 11.6 Å². The molecule has 0 atom stereocenters. The quantitative estimate of drug-likeness (QED) is 0.293. The molecule has 0 saturated heterocycles. The molecule has 0 aliphatic rings. The number of phenolic OH excluding ortho intramolecular Hbond substituents is 1. The standard InChI is InChI=1S/C26H20ClNO4/c1-15-26(16(2)29)20-13-24(31)21(25(32)14-23(30)17-6-4-3-5-7-17)12-22(20)28(15)19-10-8-18(27)9-11-19/h3-13,31H,14H2,1-2H3. The molecule has 0 aliphatic heterocycles. The lowest BCUT2D eigenvalue weighted by Gasteiger charge is -2.10. The Labute approximate surface area is 189 Å². The molecule has 6 heteroatoms. The number of hydrogen-bond acceptors (Lipinski definition) is 4. The Morgan fingerprint density at radius 1 is 0.938 bits per heavy atom. The molecule has 1 heterocycles. The van der Waals surface area contributed by atoms with Crippen molar-refractivity contribution in [2.24, 2.45) is 0 Å². The fourth-order valence-corrected chi connectivity index (χ4v) is 4.13. The zero-order valence-electron chi connectivity index (χ0n) is 17.6. The molecule has 0 radical (unpaired) electrons. The summed E-state index contributed by atoms with van der Waals surface area (Å²) in [5.74, 6) is -1.25. The third kappa shape index (κ3) is 3.83. The van der Waals surface area contributed by atoms with Crippen molar-refractivity contribution in [3.63, 3.8) is 0 Å². The Morgan fingerprint density at radius 2 is 1.59 bits per heavy atom. The van der Waals surface area contributed by atoms with Gasteiger partial charge >= 0.3 is 0 Å². The third-order valence-corrected chi connectivity index (χ3v) is 5.73. The second kappa shape index (κ2) is 8.44. The fraction of sp³-hybridized carbons (Fsp3) is 0.115. The highest BCUT2D eigenvalue weighted by molar-refractivity contribution is 6.30. The van der Waals surface area contributed by atoms with Crippen molar-refractivity contribution >= 4 is 39.9 Å². The number of nitrogens with zero attached hydrogens (tertiary/aromatic N) is 1. The van der Waals surface area contributed by atoms with E-state index in [4.69, 9.17) is 11.6 Å². The van der Waals surface area contributed by atoms with E-state index in [2.05, 4.69) is 0 Å². The van der Waals surface area contributed by atoms with Crippen molar-refractivity contribution in [2.75, 3.05) is 0 Å². The minimum Gasteiger partial charge on any atom is -0.507 e. The molecular formula is C26H20ClNO4. The van der Waals surface area contributed by atoms with E-state index in [1.165, 1.54) is 13.0 Å². The molecule has 5 nitrogen and oxygen atoms in total. The molecule has 0 unspecified atom stereocenters. The van der Waals surface area contributed by atoms with Gasteiger partial charge in [0.1, 0.15) is 5.75 Å². The van der Waals surface area contributed by atoms with Crippen LogP contribution in [0.15, 0.2) is 66.7 Å². The van der Waals surface area contributed by atoms with Crippen LogP contribution < -0.4 is 0 Å². The van der Waals surface area contributed by atoms with Crippen molar-refractivity contribution in [2.45, 2.75) is 20.3 Å². The molecule has 1 N–H and O–H groups in total. The Morgan fingerprint density at radius 3 is 2.22 bits per heavy atom. The molecule has 1 aromatic heterocycles. The lowest BCUT2D eigenvalue weighted by Crippen LogP contribution is -2.09. The molecular weight excluding hydrogens is 426 g/mol. The van der Waals surface area contributed by atoms with Gasteiger partial charge in [-0.15, -0.1) is 0 Å². The second-order valence-electron chi connectivity index (χ2n) is 7.60. The average molecular weight is 446 g/mol. The Bertz CT molecular complexity index is 1370. The van der Waals surface area contributed by atoms with Gasteiger partial charge in [0.2, 0.25) is 0 Å². The van der Waals surface area contributed by atoms with Crippen LogP contribution in [0.5, 0.6) is 5.75 Å². The lowest BCUT2D eigenvalue weighted by atomic mass is 9.99. The maximum absolute atomic E-state index is 12.9. The Kier molecular flexibility index (Phi) is 5.68. The predicted molar refractivity (Wildman–Crippen MR) is 124 cm³/mol. The van der Waals surface area contributed by atoms with Gasteiger partial charge in [-0.1, -0.05) is 41.9 Å². The van der Waals surface area contributed by atoms with Crippen molar-refractivity contribution in [1.82, 2.24) is 4.57 Å². The average Bonchev–Trinajstić information content (AvgIpc) is 3.05. The highest BCUT2D eigenvalue weighted by Crippen LogP contribution is 2.35. The fourth-order valence-electron chi connectivity index (χ4n) is 4.01. The van der Waals surface area contributed by atoms with Crippen LogP contribution in [0.25, 0.3) is 16.6 Å². The smallest absolute Gasteiger partial charge is 0.174 e. The summed E-state index contributed by atoms with van der Waals surface area (Å²) in [6, 6.07) is 18.6. The number of Topliss-reactive ketones (excluding diaryl/α,β-unsaturated/α-hetero) is 3. The number of hydrogen-bond donors (Lipinski definition) is 1. The molecule has 3 aromatic carbocycles. The van der Waals surface area contributed by atoms with Crippen LogP contribution in [0, 0.1) is 6.92 Å². The van der Waals surface area contributed by atoms with E-state index in [9.17, 15) is 19.5 Å². The van der Waals surface area contributed by atoms with Crippen LogP contribution in [0.1, 0.15) is 50.1 Å². The lowest BCUT2D eigenvalue weighted by molar-refractivity contribution is 0.0892. The number of halogens is 1. The van der Waals surface area contributed by atoms with Gasteiger partial charge in [-0.3, -0.25) is 14.4 Å². The Hall–Kier alpha value is -3.70. The summed E-state index contributed by atoms with van der Waals surface area (Å²) in [6.07, 6.45) is -0.372. The van der Waals surface area contributed by atoms with Gasteiger partial charge in [0.25, 0.3) is 0 Å². The highest BCUT2D eigenvalue weighted by atomic mass is 35.5. The molecule has 160 valence electrons. The number of rotatable bonds is 6. The zero-order valence-corrected chi connectivity index (χ0v) is 18.3. The topological polar surface area (TPSA) is 76.4 Å². The number of phenols is 1. The van der Waals surface area contributed by atoms with Gasteiger partial charge in [-0.2, -0.15) is 0 Å². The van der Waals surface area contributed by atoms with E-state index in [1.807, 2.05) is 23.6 Å². The number of carbonyl (C=O) groups is 3. The summed E-state index contributed by atoms with van der Waals surface area (Å²) in [5, 5.41) is 11.7. The maximum Gasteiger partial charge on any atom is 0.174 e. The molecule has 0 saturated carbocycles. The van der Waals surface area contributed by atoms with Crippen LogP contribution in [0.4, 0.5) is 0 Å². The molecule has 4 aromatic rings. The van der Waals surface area contributed by atoms with Gasteiger partial charge in [0, 0.05) is 32.9 Å². The summed E-state index contributed by atoms with van der Waals surface area (Å²) in [6.45, 7) is 3.27. The molecule has 0 aliphatic carbocycles. The van der Waals surface area contributed by atoms with Gasteiger partial charge in [-0.05, 0) is 50.2 Å². The van der Waals surface area contributed by atoms with Gasteiger partial charge in [0.15, 0.2) is 17.3 Å². The molecule has 4 rings (SSSR count). The summed E-state index contributed by atoms with van der Waals surface area (Å²) in [5.41, 5.74) is 2.95. The number of fused-ring (bicyclic) bond motifs is 1. The van der Waals surface area contributed by atoms with Crippen LogP contribution in [0.3, 0.4) is 0 Å². The third-order valence-electron chi connectivity index (χ3n) is 5.48. The highest BCUT2D eigenvalue weighted by Gasteiger charge is 2.23. The van der Waals surface area contributed by atoms with Crippen molar-refractivity contribution in [3.05, 3.63) is 94.1 Å². The van der Waals surface area contributed by atoms with Crippen molar-refractivity contribution in [1.29, 1.82) is 0 Å². The monoisotopic (exact) mass is 445 g/mol. The number of benzene rings is 3. The Balaban J connectivity index is 1.85. The summed E-state index contributed by atoms with van der Waals surface area (Å²) < 4.78 is 1.84. The first kappa shape index (κ1) is 21.5. The van der Waals surface area contributed by atoms with Crippen LogP contribution in [-0.4, -0.2) is 27.0 Å². The van der Waals surface area contributed by atoms with E-state index in [0.29, 0.717) is 32.7 Å². The first-order valence-electron chi connectivity index (χ1n) is 10.0. The van der Waals surface area contributed by atoms with E-state index >= 15 is 0 Å². The first-order chi connectivity index (χ1) is 15.3. The van der Waals surface area contributed by atoms with Gasteiger partial charge < -0.3 is 9.67 Å². The summed E-state index contributed by atoms with van der Waals surface area (Å²) in [4.78, 5) is 37.8. The van der Waals surface area contributed by atoms with E-state index in [1.54, 1.807) is 48.5 Å². The van der Waals surface area contributed by atoms with E-state index in [0.717, 1.165) is 5.69 Å². The largest absolute Gasteiger partial charge is 0.507 e. The van der Waals surface area contributed by atoms with Gasteiger partial charge in [0.05, 0.1) is 17.5 Å². The maximum atomic E-state index is 12.9. The molecule has 0 fully saturated rings. The number of carbonyl (C=O) groups excluding carboxylic acids is 3. The van der Waals surface area contributed by atoms with Crippen LogP contribution in [0.2, 0.25) is 5.02 Å². The molecule has 0 bridgehead atoms. The van der Waals surface area contributed by atoms with Gasteiger partial charge in [-0.25, -0.2) is 0 Å². The predicted octanol–water partition coefficient (Wildman–Crippen LogP) is 5.96. The summed E-state index contributed by atoms with van der Waals surface area (Å²) in [7, 11) is 0. The van der Waals surface area contributed by atoms with Crippen molar-refractivity contribution < 1.29 is 19.5 Å². The number of aromatic nitrogens is 1.